The summed E-state index contributed by atoms with van der Waals surface area (Å²) in [5, 5.41) is 7.45. The SMILES string of the molecule is CN=C(NCCSCCOc1cccc(Br)c1)N(C)Cc1ncnn1C.I. The quantitative estimate of drug-likeness (QED) is 0.217. The van der Waals surface area contributed by atoms with Gasteiger partial charge in [-0.3, -0.25) is 9.67 Å². The molecule has 0 bridgehead atoms. The number of nitrogens with zero attached hydrogens (tertiary/aromatic N) is 5. The summed E-state index contributed by atoms with van der Waals surface area (Å²) in [6.07, 6.45) is 1.56. The molecule has 0 saturated carbocycles. The fraction of sp³-hybridized carbons (Fsp3) is 0.471. The van der Waals surface area contributed by atoms with Crippen LogP contribution in [0.3, 0.4) is 0 Å². The van der Waals surface area contributed by atoms with Crippen molar-refractivity contribution < 1.29 is 4.74 Å². The molecule has 0 unspecified atom stereocenters. The fourth-order valence-electron chi connectivity index (χ4n) is 2.25. The Morgan fingerprint density at radius 2 is 2.22 bits per heavy atom. The molecular weight excluding hydrogens is 543 g/mol. The van der Waals surface area contributed by atoms with Crippen molar-refractivity contribution in [3.63, 3.8) is 0 Å². The number of rotatable bonds is 9. The average molecular weight is 569 g/mol. The summed E-state index contributed by atoms with van der Waals surface area (Å²) in [6, 6.07) is 7.90. The molecule has 7 nitrogen and oxygen atoms in total. The molecule has 1 N–H and O–H groups in total. The molecule has 2 aromatic rings. The first-order valence-corrected chi connectivity index (χ1v) is 10.3. The number of benzene rings is 1. The van der Waals surface area contributed by atoms with E-state index in [4.69, 9.17) is 4.74 Å². The molecule has 1 aromatic heterocycles. The number of thioether (sulfide) groups is 1. The standard InChI is InChI=1S/C17H25BrN6OS.HI/c1-19-17(23(2)12-16-21-13-22-24(16)3)20-7-9-26-10-8-25-15-6-4-5-14(18)11-15;/h4-6,11,13H,7-10,12H2,1-3H3,(H,19,20);1H. The number of aryl methyl sites for hydroxylation is 1. The van der Waals surface area contributed by atoms with Crippen LogP contribution in [0.25, 0.3) is 0 Å². The summed E-state index contributed by atoms with van der Waals surface area (Å²) in [5.41, 5.74) is 0. The molecule has 0 radical (unpaired) electrons. The lowest BCUT2D eigenvalue weighted by molar-refractivity contribution is 0.344. The summed E-state index contributed by atoms with van der Waals surface area (Å²) in [7, 11) is 5.66. The zero-order valence-electron chi connectivity index (χ0n) is 15.8. The lowest BCUT2D eigenvalue weighted by atomic mass is 10.3. The van der Waals surface area contributed by atoms with Crippen LogP contribution >= 0.6 is 51.7 Å². The summed E-state index contributed by atoms with van der Waals surface area (Å²) < 4.78 is 8.53. The number of aromatic nitrogens is 3. The van der Waals surface area contributed by atoms with Gasteiger partial charge >= 0.3 is 0 Å². The third kappa shape index (κ3) is 8.69. The van der Waals surface area contributed by atoms with Gasteiger partial charge in [-0.1, -0.05) is 22.0 Å². The molecule has 0 atom stereocenters. The first-order valence-electron chi connectivity index (χ1n) is 8.31. The van der Waals surface area contributed by atoms with Crippen molar-refractivity contribution in [2.75, 3.05) is 38.8 Å². The van der Waals surface area contributed by atoms with E-state index in [1.54, 1.807) is 18.1 Å². The third-order valence-corrected chi connectivity index (χ3v) is 5.02. The van der Waals surface area contributed by atoms with E-state index in [-0.39, 0.29) is 24.0 Å². The number of ether oxygens (including phenoxy) is 1. The lowest BCUT2D eigenvalue weighted by Gasteiger charge is -2.21. The normalized spacial score (nSPS) is 11.0. The topological polar surface area (TPSA) is 67.6 Å². The van der Waals surface area contributed by atoms with Gasteiger partial charge in [0.15, 0.2) is 5.96 Å². The Bertz CT molecular complexity index is 714. The van der Waals surface area contributed by atoms with Gasteiger partial charge in [0, 0.05) is 43.7 Å². The van der Waals surface area contributed by atoms with E-state index >= 15 is 0 Å². The van der Waals surface area contributed by atoms with Crippen molar-refractivity contribution in [2.45, 2.75) is 6.54 Å². The van der Waals surface area contributed by atoms with Crippen LogP contribution in [0.2, 0.25) is 0 Å². The molecule has 2 rings (SSSR count). The first kappa shape index (κ1) is 24.0. The van der Waals surface area contributed by atoms with E-state index < -0.39 is 0 Å². The van der Waals surface area contributed by atoms with E-state index in [1.165, 1.54) is 0 Å². The van der Waals surface area contributed by atoms with Crippen molar-refractivity contribution in [1.29, 1.82) is 0 Å². The van der Waals surface area contributed by atoms with E-state index in [1.807, 2.05) is 55.0 Å². The lowest BCUT2D eigenvalue weighted by Crippen LogP contribution is -2.40. The van der Waals surface area contributed by atoms with E-state index in [0.29, 0.717) is 13.2 Å². The zero-order chi connectivity index (χ0) is 18.8. The summed E-state index contributed by atoms with van der Waals surface area (Å²) in [4.78, 5) is 10.6. The highest BCUT2D eigenvalue weighted by Gasteiger charge is 2.09. The van der Waals surface area contributed by atoms with Gasteiger partial charge in [-0.2, -0.15) is 16.9 Å². The van der Waals surface area contributed by atoms with Crippen molar-refractivity contribution in [3.8, 4) is 5.75 Å². The van der Waals surface area contributed by atoms with Crippen LogP contribution in [0.5, 0.6) is 5.75 Å². The minimum Gasteiger partial charge on any atom is -0.493 e. The molecule has 1 aromatic carbocycles. The van der Waals surface area contributed by atoms with Gasteiger partial charge in [-0.15, -0.1) is 24.0 Å². The van der Waals surface area contributed by atoms with Crippen molar-refractivity contribution >= 4 is 57.6 Å². The van der Waals surface area contributed by atoms with Gasteiger partial charge in [0.25, 0.3) is 0 Å². The second-order valence-electron chi connectivity index (χ2n) is 5.55. The Balaban J connectivity index is 0.00000364. The number of guanidine groups is 1. The van der Waals surface area contributed by atoms with Crippen LogP contribution in [-0.2, 0) is 13.6 Å². The van der Waals surface area contributed by atoms with Gasteiger partial charge in [-0.25, -0.2) is 4.98 Å². The highest BCUT2D eigenvalue weighted by Crippen LogP contribution is 2.17. The zero-order valence-corrected chi connectivity index (χ0v) is 20.5. The minimum absolute atomic E-state index is 0. The van der Waals surface area contributed by atoms with E-state index in [0.717, 1.165) is 40.1 Å². The average Bonchev–Trinajstić information content (AvgIpc) is 3.02. The van der Waals surface area contributed by atoms with E-state index in [2.05, 4.69) is 36.3 Å². The predicted octanol–water partition coefficient (Wildman–Crippen LogP) is 3.02. The molecule has 0 aliphatic rings. The van der Waals surface area contributed by atoms with Crippen LogP contribution in [0.1, 0.15) is 5.82 Å². The van der Waals surface area contributed by atoms with Gasteiger partial charge in [-0.05, 0) is 18.2 Å². The van der Waals surface area contributed by atoms with Gasteiger partial charge in [0.1, 0.15) is 17.9 Å². The molecule has 0 aliphatic carbocycles. The maximum absolute atomic E-state index is 5.73. The second-order valence-corrected chi connectivity index (χ2v) is 7.69. The Morgan fingerprint density at radius 1 is 1.41 bits per heavy atom. The molecular formula is C17H26BrIN6OS. The molecule has 10 heteroatoms. The molecule has 1 heterocycles. The molecule has 0 saturated heterocycles. The van der Waals surface area contributed by atoms with Gasteiger partial charge < -0.3 is 15.0 Å². The molecule has 0 amide bonds. The molecule has 150 valence electrons. The smallest absolute Gasteiger partial charge is 0.193 e. The molecule has 27 heavy (non-hydrogen) atoms. The second kappa shape index (κ2) is 13.2. The number of hydrogen-bond acceptors (Lipinski definition) is 5. The van der Waals surface area contributed by atoms with Crippen LogP contribution in [0, 0.1) is 0 Å². The highest BCUT2D eigenvalue weighted by molar-refractivity contribution is 14.0. The Morgan fingerprint density at radius 3 is 2.89 bits per heavy atom. The van der Waals surface area contributed by atoms with Crippen LogP contribution in [-0.4, -0.2) is 64.4 Å². The van der Waals surface area contributed by atoms with Crippen molar-refractivity contribution in [2.24, 2.45) is 12.0 Å². The Hall–Kier alpha value is -1.01. The fourth-order valence-corrected chi connectivity index (χ4v) is 3.28. The maximum Gasteiger partial charge on any atom is 0.193 e. The van der Waals surface area contributed by atoms with Crippen molar-refractivity contribution in [1.82, 2.24) is 25.0 Å². The van der Waals surface area contributed by atoms with Crippen LogP contribution < -0.4 is 10.1 Å². The Labute approximate surface area is 190 Å². The Kier molecular flexibility index (Phi) is 11.8. The van der Waals surface area contributed by atoms with Gasteiger partial charge in [0.05, 0.1) is 13.2 Å². The first-order chi connectivity index (χ1) is 12.6. The largest absolute Gasteiger partial charge is 0.493 e. The monoisotopic (exact) mass is 568 g/mol. The number of aliphatic imine (C=N–C) groups is 1. The number of halogens is 2. The van der Waals surface area contributed by atoms with Crippen LogP contribution in [0.15, 0.2) is 40.1 Å². The maximum atomic E-state index is 5.73. The summed E-state index contributed by atoms with van der Waals surface area (Å²) >= 11 is 5.29. The molecule has 0 fully saturated rings. The molecule has 0 spiro atoms. The summed E-state index contributed by atoms with van der Waals surface area (Å²) in [5.74, 6) is 4.57. The summed E-state index contributed by atoms with van der Waals surface area (Å²) in [6.45, 7) is 2.20. The molecule has 0 aliphatic heterocycles. The van der Waals surface area contributed by atoms with Crippen molar-refractivity contribution in [3.05, 3.63) is 40.9 Å². The van der Waals surface area contributed by atoms with Gasteiger partial charge in [0.2, 0.25) is 0 Å². The number of nitrogens with one attached hydrogen (secondary N) is 1. The number of hydrogen-bond donors (Lipinski definition) is 1. The highest BCUT2D eigenvalue weighted by atomic mass is 127. The minimum atomic E-state index is 0. The third-order valence-electron chi connectivity index (χ3n) is 3.58. The van der Waals surface area contributed by atoms with E-state index in [9.17, 15) is 0 Å². The predicted molar refractivity (Wildman–Crippen MR) is 126 cm³/mol. The van der Waals surface area contributed by atoms with Crippen LogP contribution in [0.4, 0.5) is 0 Å².